The van der Waals surface area contributed by atoms with Gasteiger partial charge in [-0.1, -0.05) is 20.8 Å². The molecule has 2 heterocycles. The van der Waals surface area contributed by atoms with Gasteiger partial charge in [0.05, 0.1) is 0 Å². The van der Waals surface area contributed by atoms with Crippen LogP contribution in [0.15, 0.2) is 18.5 Å². The van der Waals surface area contributed by atoms with E-state index < -0.39 is 0 Å². The predicted molar refractivity (Wildman–Crippen MR) is 75.2 cm³/mol. The molecule has 2 rings (SSSR count). The lowest BCUT2D eigenvalue weighted by atomic mass is 9.96. The van der Waals surface area contributed by atoms with E-state index in [1.54, 1.807) is 12.4 Å². The van der Waals surface area contributed by atoms with E-state index in [1.165, 1.54) is 0 Å². The maximum Gasteiger partial charge on any atom is 0.291 e. The summed E-state index contributed by atoms with van der Waals surface area (Å²) in [4.78, 5) is 20.3. The number of aryl methyl sites for hydroxylation is 1. The molecule has 0 radical (unpaired) electrons. The van der Waals surface area contributed by atoms with Crippen molar-refractivity contribution in [3.8, 4) is 0 Å². The number of H-pyrrole nitrogens is 1. The summed E-state index contributed by atoms with van der Waals surface area (Å²) < 4.78 is 0. The van der Waals surface area contributed by atoms with Gasteiger partial charge in [0.2, 0.25) is 5.82 Å². The standard InChI is InChI=1S/C14H19N5O/c1-9-5-6-15-7-10(9)8-16-12(20)11-17-13(19-18-11)14(2,3)4/h5-7H,8H2,1-4H3,(H,16,20)(H,17,18,19). The molecule has 0 atom stereocenters. The Bertz CT molecular complexity index is 612. The second-order valence-corrected chi connectivity index (χ2v) is 5.74. The third-order valence-corrected chi connectivity index (χ3v) is 2.99. The number of aromatic nitrogens is 4. The van der Waals surface area contributed by atoms with Crippen LogP contribution >= 0.6 is 0 Å². The Kier molecular flexibility index (Phi) is 3.83. The van der Waals surface area contributed by atoms with Crippen LogP contribution in [-0.4, -0.2) is 26.1 Å². The molecule has 2 aromatic heterocycles. The molecular formula is C14H19N5O. The molecule has 106 valence electrons. The second kappa shape index (κ2) is 5.40. The van der Waals surface area contributed by atoms with Gasteiger partial charge in [-0.2, -0.15) is 0 Å². The van der Waals surface area contributed by atoms with Crippen molar-refractivity contribution in [3.05, 3.63) is 41.2 Å². The van der Waals surface area contributed by atoms with Crippen molar-refractivity contribution in [3.63, 3.8) is 0 Å². The number of hydrogen-bond donors (Lipinski definition) is 2. The van der Waals surface area contributed by atoms with E-state index in [0.717, 1.165) is 11.1 Å². The normalized spacial score (nSPS) is 11.4. The Hall–Kier alpha value is -2.24. The second-order valence-electron chi connectivity index (χ2n) is 5.74. The number of pyridine rings is 1. The number of nitrogens with zero attached hydrogens (tertiary/aromatic N) is 3. The summed E-state index contributed by atoms with van der Waals surface area (Å²) in [5.41, 5.74) is 1.91. The van der Waals surface area contributed by atoms with E-state index in [1.807, 2.05) is 33.8 Å². The molecule has 20 heavy (non-hydrogen) atoms. The van der Waals surface area contributed by atoms with Gasteiger partial charge >= 0.3 is 0 Å². The smallest absolute Gasteiger partial charge is 0.291 e. The minimum absolute atomic E-state index is 0.161. The lowest BCUT2D eigenvalue weighted by Gasteiger charge is -2.12. The third-order valence-electron chi connectivity index (χ3n) is 2.99. The number of nitrogens with one attached hydrogen (secondary N) is 2. The highest BCUT2D eigenvalue weighted by Gasteiger charge is 2.21. The Morgan fingerprint density at radius 2 is 2.15 bits per heavy atom. The van der Waals surface area contributed by atoms with Crippen LogP contribution in [0.25, 0.3) is 0 Å². The van der Waals surface area contributed by atoms with Crippen molar-refractivity contribution in [2.75, 3.05) is 0 Å². The number of hydrogen-bond acceptors (Lipinski definition) is 4. The van der Waals surface area contributed by atoms with Crippen molar-refractivity contribution in [1.29, 1.82) is 0 Å². The van der Waals surface area contributed by atoms with Gasteiger partial charge in [0.25, 0.3) is 5.91 Å². The summed E-state index contributed by atoms with van der Waals surface area (Å²) in [6, 6.07) is 1.91. The van der Waals surface area contributed by atoms with Crippen molar-refractivity contribution >= 4 is 5.91 Å². The molecular weight excluding hydrogens is 254 g/mol. The van der Waals surface area contributed by atoms with Crippen molar-refractivity contribution in [2.24, 2.45) is 0 Å². The Morgan fingerprint density at radius 3 is 2.75 bits per heavy atom. The zero-order chi connectivity index (χ0) is 14.8. The van der Waals surface area contributed by atoms with Crippen LogP contribution < -0.4 is 5.32 Å². The molecule has 0 fully saturated rings. The van der Waals surface area contributed by atoms with E-state index >= 15 is 0 Å². The fraction of sp³-hybridized carbons (Fsp3) is 0.429. The highest BCUT2D eigenvalue weighted by atomic mass is 16.2. The molecule has 0 saturated carbocycles. The average Bonchev–Trinajstić information content (AvgIpc) is 2.87. The molecule has 2 N–H and O–H groups in total. The number of rotatable bonds is 3. The summed E-state index contributed by atoms with van der Waals surface area (Å²) in [5.74, 6) is 0.566. The minimum Gasteiger partial charge on any atom is -0.345 e. The van der Waals surface area contributed by atoms with Gasteiger partial charge in [-0.15, -0.1) is 5.10 Å². The first-order valence-corrected chi connectivity index (χ1v) is 6.48. The van der Waals surface area contributed by atoms with Gasteiger partial charge < -0.3 is 5.32 Å². The molecule has 2 aromatic rings. The highest BCUT2D eigenvalue weighted by molar-refractivity contribution is 5.90. The van der Waals surface area contributed by atoms with E-state index in [2.05, 4.69) is 25.5 Å². The minimum atomic E-state index is -0.292. The Morgan fingerprint density at radius 1 is 1.40 bits per heavy atom. The summed E-state index contributed by atoms with van der Waals surface area (Å²) in [5, 5.41) is 9.55. The molecule has 0 aliphatic rings. The SMILES string of the molecule is Cc1ccncc1CNC(=O)c1n[nH]c(C(C)(C)C)n1. The van der Waals surface area contributed by atoms with Crippen molar-refractivity contribution < 1.29 is 4.79 Å². The first-order chi connectivity index (χ1) is 9.38. The van der Waals surface area contributed by atoms with Crippen LogP contribution in [0.4, 0.5) is 0 Å². The lowest BCUT2D eigenvalue weighted by molar-refractivity contribution is 0.0940. The molecule has 6 nitrogen and oxygen atoms in total. The molecule has 6 heteroatoms. The number of aromatic amines is 1. The zero-order valence-corrected chi connectivity index (χ0v) is 12.2. The number of carbonyl (C=O) groups excluding carboxylic acids is 1. The third kappa shape index (κ3) is 3.20. The van der Waals surface area contributed by atoms with Gasteiger partial charge in [0, 0.05) is 24.4 Å². The predicted octanol–water partition coefficient (Wildman–Crippen LogP) is 1.74. The first kappa shape index (κ1) is 14.2. The van der Waals surface area contributed by atoms with Crippen LogP contribution in [0.1, 0.15) is 48.3 Å². The highest BCUT2D eigenvalue weighted by Crippen LogP contribution is 2.17. The molecule has 0 aliphatic heterocycles. The molecule has 0 saturated heterocycles. The zero-order valence-electron chi connectivity index (χ0n) is 12.2. The van der Waals surface area contributed by atoms with E-state index in [4.69, 9.17) is 0 Å². The van der Waals surface area contributed by atoms with E-state index in [-0.39, 0.29) is 17.1 Å². The van der Waals surface area contributed by atoms with Gasteiger partial charge in [-0.05, 0) is 24.1 Å². The lowest BCUT2D eigenvalue weighted by Crippen LogP contribution is -2.24. The van der Waals surface area contributed by atoms with Crippen molar-refractivity contribution in [1.82, 2.24) is 25.5 Å². The van der Waals surface area contributed by atoms with Crippen LogP contribution in [0, 0.1) is 6.92 Å². The molecule has 0 aromatic carbocycles. The largest absolute Gasteiger partial charge is 0.345 e. The Balaban J connectivity index is 2.02. The fourth-order valence-corrected chi connectivity index (χ4v) is 1.64. The van der Waals surface area contributed by atoms with Gasteiger partial charge in [-0.25, -0.2) is 4.98 Å². The summed E-state index contributed by atoms with van der Waals surface area (Å²) in [7, 11) is 0. The maximum absolute atomic E-state index is 12.0. The number of carbonyl (C=O) groups is 1. The maximum atomic E-state index is 12.0. The Labute approximate surface area is 118 Å². The molecule has 0 unspecified atom stereocenters. The topological polar surface area (TPSA) is 83.6 Å². The van der Waals surface area contributed by atoms with Crippen LogP contribution in [0.5, 0.6) is 0 Å². The van der Waals surface area contributed by atoms with E-state index in [0.29, 0.717) is 12.4 Å². The quantitative estimate of drug-likeness (QED) is 0.892. The van der Waals surface area contributed by atoms with E-state index in [9.17, 15) is 4.79 Å². The molecule has 0 bridgehead atoms. The number of amides is 1. The van der Waals surface area contributed by atoms with Gasteiger partial charge in [0.15, 0.2) is 0 Å². The van der Waals surface area contributed by atoms with Crippen LogP contribution in [0.3, 0.4) is 0 Å². The first-order valence-electron chi connectivity index (χ1n) is 6.48. The molecule has 0 spiro atoms. The summed E-state index contributed by atoms with van der Waals surface area (Å²) in [6.45, 7) is 8.42. The van der Waals surface area contributed by atoms with Gasteiger partial charge in [-0.3, -0.25) is 14.9 Å². The molecule has 1 amide bonds. The molecule has 0 aliphatic carbocycles. The summed E-state index contributed by atoms with van der Waals surface area (Å²) >= 11 is 0. The van der Waals surface area contributed by atoms with Gasteiger partial charge in [0.1, 0.15) is 5.82 Å². The van der Waals surface area contributed by atoms with Crippen LogP contribution in [-0.2, 0) is 12.0 Å². The summed E-state index contributed by atoms with van der Waals surface area (Å²) in [6.07, 6.45) is 3.47. The van der Waals surface area contributed by atoms with Crippen LogP contribution in [0.2, 0.25) is 0 Å². The fourth-order valence-electron chi connectivity index (χ4n) is 1.64. The van der Waals surface area contributed by atoms with Crippen molar-refractivity contribution in [2.45, 2.75) is 39.7 Å². The monoisotopic (exact) mass is 273 g/mol. The average molecular weight is 273 g/mol.